The maximum absolute atomic E-state index is 11.8. The average Bonchev–Trinajstić information content (AvgIpc) is 2.92. The summed E-state index contributed by atoms with van der Waals surface area (Å²) >= 11 is 0. The molecule has 1 aliphatic rings. The first-order valence-electron chi connectivity index (χ1n) is 6.45. The second kappa shape index (κ2) is 6.85. The summed E-state index contributed by atoms with van der Waals surface area (Å²) in [4.78, 5) is 35.8. The Morgan fingerprint density at radius 2 is 2.00 bits per heavy atom. The standard InChI is InChI=1S/C14H16N2O5/c1-20-8-10-2-4-11(5-3-10)13(18)21-9-12(17)16-7-6-15-14(16)19/h2-5H,6-9H2,1H3,(H,15,19). The lowest BCUT2D eigenvalue weighted by Gasteiger charge is -2.12. The van der Waals surface area contributed by atoms with E-state index in [0.29, 0.717) is 25.3 Å². The van der Waals surface area contributed by atoms with Crippen LogP contribution in [0.2, 0.25) is 0 Å². The van der Waals surface area contributed by atoms with Crippen molar-refractivity contribution in [1.29, 1.82) is 0 Å². The van der Waals surface area contributed by atoms with Crippen LogP contribution in [-0.2, 0) is 20.9 Å². The highest BCUT2D eigenvalue weighted by Gasteiger charge is 2.26. The zero-order valence-electron chi connectivity index (χ0n) is 11.6. The monoisotopic (exact) mass is 292 g/mol. The van der Waals surface area contributed by atoms with Crippen LogP contribution >= 0.6 is 0 Å². The summed E-state index contributed by atoms with van der Waals surface area (Å²) in [5.41, 5.74) is 1.27. The third-order valence-electron chi connectivity index (χ3n) is 2.99. The molecule has 21 heavy (non-hydrogen) atoms. The van der Waals surface area contributed by atoms with Crippen LogP contribution in [0.25, 0.3) is 0 Å². The minimum atomic E-state index is -0.605. The van der Waals surface area contributed by atoms with E-state index in [-0.39, 0.29) is 0 Å². The summed E-state index contributed by atoms with van der Waals surface area (Å²) in [5, 5.41) is 2.50. The van der Waals surface area contributed by atoms with Gasteiger partial charge in [-0.1, -0.05) is 12.1 Å². The van der Waals surface area contributed by atoms with Crippen LogP contribution in [0.15, 0.2) is 24.3 Å². The molecule has 0 bridgehead atoms. The predicted molar refractivity (Wildman–Crippen MR) is 72.5 cm³/mol. The number of hydrogen-bond donors (Lipinski definition) is 1. The lowest BCUT2D eigenvalue weighted by molar-refractivity contribution is -0.130. The molecule has 0 aliphatic carbocycles. The normalized spacial score (nSPS) is 14.0. The van der Waals surface area contributed by atoms with Crippen LogP contribution in [0.3, 0.4) is 0 Å². The molecule has 2 rings (SSSR count). The number of methoxy groups -OCH3 is 1. The minimum Gasteiger partial charge on any atom is -0.452 e. The summed E-state index contributed by atoms with van der Waals surface area (Å²) in [5.74, 6) is -1.14. The Hall–Kier alpha value is -2.41. The van der Waals surface area contributed by atoms with Gasteiger partial charge in [-0.2, -0.15) is 0 Å². The van der Waals surface area contributed by atoms with Gasteiger partial charge in [-0.05, 0) is 17.7 Å². The Labute approximate surface area is 121 Å². The first kappa shape index (κ1) is 15.0. The highest BCUT2D eigenvalue weighted by atomic mass is 16.5. The second-order valence-electron chi connectivity index (χ2n) is 4.48. The van der Waals surface area contributed by atoms with E-state index >= 15 is 0 Å². The summed E-state index contributed by atoms with van der Waals surface area (Å²) in [6.07, 6.45) is 0. The number of benzene rings is 1. The minimum absolute atomic E-state index is 0.293. The van der Waals surface area contributed by atoms with Crippen molar-refractivity contribution in [2.75, 3.05) is 26.8 Å². The molecule has 7 heteroatoms. The summed E-state index contributed by atoms with van der Waals surface area (Å²) in [6.45, 7) is 0.713. The highest BCUT2D eigenvalue weighted by molar-refractivity contribution is 5.98. The smallest absolute Gasteiger partial charge is 0.338 e. The van der Waals surface area contributed by atoms with Crippen LogP contribution in [-0.4, -0.2) is 49.6 Å². The van der Waals surface area contributed by atoms with Crippen molar-refractivity contribution in [1.82, 2.24) is 10.2 Å². The Morgan fingerprint density at radius 3 is 2.57 bits per heavy atom. The number of hydrogen-bond acceptors (Lipinski definition) is 5. The number of carbonyl (C=O) groups excluding carboxylic acids is 3. The van der Waals surface area contributed by atoms with Crippen molar-refractivity contribution in [2.45, 2.75) is 6.61 Å². The lowest BCUT2D eigenvalue weighted by atomic mass is 10.1. The van der Waals surface area contributed by atoms with Crippen LogP contribution in [0.5, 0.6) is 0 Å². The summed E-state index contributed by atoms with van der Waals surface area (Å²) in [6, 6.07) is 6.24. The maximum atomic E-state index is 11.8. The molecule has 1 N–H and O–H groups in total. The van der Waals surface area contributed by atoms with Gasteiger partial charge in [0.05, 0.1) is 12.2 Å². The topological polar surface area (TPSA) is 84.9 Å². The molecule has 1 fully saturated rings. The molecule has 1 aromatic carbocycles. The number of esters is 1. The predicted octanol–water partition coefficient (Wildman–Crippen LogP) is 0.542. The van der Waals surface area contributed by atoms with Gasteiger partial charge in [-0.3, -0.25) is 9.69 Å². The van der Waals surface area contributed by atoms with Gasteiger partial charge in [0.25, 0.3) is 5.91 Å². The quantitative estimate of drug-likeness (QED) is 0.801. The molecule has 1 aliphatic heterocycles. The molecule has 3 amide bonds. The fraction of sp³-hybridized carbons (Fsp3) is 0.357. The fourth-order valence-corrected chi connectivity index (χ4v) is 1.90. The third kappa shape index (κ3) is 3.79. The van der Waals surface area contributed by atoms with E-state index < -0.39 is 24.5 Å². The zero-order valence-corrected chi connectivity index (χ0v) is 11.6. The Balaban J connectivity index is 1.86. The first-order valence-corrected chi connectivity index (χ1v) is 6.45. The molecule has 7 nitrogen and oxygen atoms in total. The molecule has 0 atom stereocenters. The van der Waals surface area contributed by atoms with Gasteiger partial charge in [-0.15, -0.1) is 0 Å². The molecule has 112 valence electrons. The van der Waals surface area contributed by atoms with Gasteiger partial charge in [0.15, 0.2) is 6.61 Å². The molecule has 0 unspecified atom stereocenters. The van der Waals surface area contributed by atoms with Gasteiger partial charge in [0.2, 0.25) is 0 Å². The molecular weight excluding hydrogens is 276 g/mol. The maximum Gasteiger partial charge on any atom is 0.338 e. The first-order chi connectivity index (χ1) is 10.1. The van der Waals surface area contributed by atoms with E-state index in [1.165, 1.54) is 0 Å². The van der Waals surface area contributed by atoms with E-state index in [0.717, 1.165) is 10.5 Å². The number of ether oxygens (including phenoxy) is 2. The van der Waals surface area contributed by atoms with Crippen molar-refractivity contribution in [3.8, 4) is 0 Å². The SMILES string of the molecule is COCc1ccc(C(=O)OCC(=O)N2CCNC2=O)cc1. The van der Waals surface area contributed by atoms with Gasteiger partial charge >= 0.3 is 12.0 Å². The van der Waals surface area contributed by atoms with Crippen molar-refractivity contribution < 1.29 is 23.9 Å². The number of amides is 3. The number of nitrogens with zero attached hydrogens (tertiary/aromatic N) is 1. The number of imide groups is 1. The Morgan fingerprint density at radius 1 is 1.29 bits per heavy atom. The number of urea groups is 1. The van der Waals surface area contributed by atoms with E-state index in [4.69, 9.17) is 9.47 Å². The average molecular weight is 292 g/mol. The summed E-state index contributed by atoms with van der Waals surface area (Å²) in [7, 11) is 1.59. The van der Waals surface area contributed by atoms with Crippen molar-refractivity contribution >= 4 is 17.9 Å². The molecular formula is C14H16N2O5. The Bertz CT molecular complexity index is 541. The number of carbonyl (C=O) groups is 3. The van der Waals surface area contributed by atoms with E-state index in [1.54, 1.807) is 31.4 Å². The molecule has 1 heterocycles. The lowest BCUT2D eigenvalue weighted by Crippen LogP contribution is -2.37. The third-order valence-corrected chi connectivity index (χ3v) is 2.99. The van der Waals surface area contributed by atoms with Crippen molar-refractivity contribution in [3.05, 3.63) is 35.4 Å². The van der Waals surface area contributed by atoms with Crippen LogP contribution in [0.1, 0.15) is 15.9 Å². The molecule has 0 radical (unpaired) electrons. The largest absolute Gasteiger partial charge is 0.452 e. The van der Waals surface area contributed by atoms with Gasteiger partial charge < -0.3 is 14.8 Å². The molecule has 1 saturated heterocycles. The van der Waals surface area contributed by atoms with E-state index in [9.17, 15) is 14.4 Å². The molecule has 0 saturated carbocycles. The molecule has 0 aromatic heterocycles. The van der Waals surface area contributed by atoms with Crippen LogP contribution in [0, 0.1) is 0 Å². The van der Waals surface area contributed by atoms with Gasteiger partial charge in [0.1, 0.15) is 0 Å². The zero-order chi connectivity index (χ0) is 15.2. The summed E-state index contributed by atoms with van der Waals surface area (Å²) < 4.78 is 9.88. The van der Waals surface area contributed by atoms with Crippen molar-refractivity contribution in [2.24, 2.45) is 0 Å². The second-order valence-corrected chi connectivity index (χ2v) is 4.48. The highest BCUT2D eigenvalue weighted by Crippen LogP contribution is 2.07. The Kier molecular flexibility index (Phi) is 4.89. The van der Waals surface area contributed by atoms with Crippen molar-refractivity contribution in [3.63, 3.8) is 0 Å². The van der Waals surface area contributed by atoms with Crippen LogP contribution in [0.4, 0.5) is 4.79 Å². The van der Waals surface area contributed by atoms with Gasteiger partial charge in [0, 0.05) is 20.2 Å². The van der Waals surface area contributed by atoms with E-state index in [2.05, 4.69) is 5.32 Å². The van der Waals surface area contributed by atoms with E-state index in [1.807, 2.05) is 0 Å². The molecule has 1 aromatic rings. The molecule has 0 spiro atoms. The van der Waals surface area contributed by atoms with Crippen LogP contribution < -0.4 is 5.32 Å². The fourth-order valence-electron chi connectivity index (χ4n) is 1.90. The number of rotatable bonds is 5. The van der Waals surface area contributed by atoms with Gasteiger partial charge in [-0.25, -0.2) is 9.59 Å². The number of nitrogens with one attached hydrogen (secondary N) is 1.